The van der Waals surface area contributed by atoms with Crippen molar-refractivity contribution in [1.82, 2.24) is 15.3 Å². The molecule has 7 heteroatoms. The lowest BCUT2D eigenvalue weighted by Gasteiger charge is -2.37. The summed E-state index contributed by atoms with van der Waals surface area (Å²) in [7, 11) is 0.361. The second-order valence-electron chi connectivity index (χ2n) is 8.28. The molecule has 0 atom stereocenters. The Hall–Kier alpha value is -2.38. The van der Waals surface area contributed by atoms with E-state index in [0.717, 1.165) is 44.9 Å². The fourth-order valence-electron chi connectivity index (χ4n) is 3.25. The highest BCUT2D eigenvalue weighted by atomic mass is 16.5. The van der Waals surface area contributed by atoms with E-state index in [1.807, 2.05) is 19.9 Å². The maximum atomic E-state index is 12.1. The molecule has 0 spiro atoms. The number of H-pyrrole nitrogens is 1. The Bertz CT molecular complexity index is 1050. The molecule has 0 unspecified atom stereocenters. The second kappa shape index (κ2) is 6.07. The van der Waals surface area contributed by atoms with Gasteiger partial charge in [-0.05, 0) is 57.3 Å². The van der Waals surface area contributed by atoms with Gasteiger partial charge in [-0.1, -0.05) is 6.07 Å². The van der Waals surface area contributed by atoms with Crippen molar-refractivity contribution in [3.05, 3.63) is 35.5 Å². The number of hydrogen-bond donors (Lipinski definition) is 3. The van der Waals surface area contributed by atoms with Crippen molar-refractivity contribution in [1.29, 1.82) is 0 Å². The normalized spacial score (nSPS) is 15.1. The number of nitrogens with zero attached hydrogens (tertiary/aromatic N) is 1. The number of aromatic amines is 1. The second-order valence-corrected chi connectivity index (χ2v) is 8.28. The van der Waals surface area contributed by atoms with E-state index in [-0.39, 0.29) is 5.91 Å². The highest BCUT2D eigenvalue weighted by molar-refractivity contribution is 6.47. The van der Waals surface area contributed by atoms with Gasteiger partial charge in [0.2, 0.25) is 0 Å². The number of amides is 1. The number of hydrogen-bond acceptors (Lipinski definition) is 4. The van der Waals surface area contributed by atoms with Crippen LogP contribution in [0, 0.1) is 0 Å². The summed E-state index contributed by atoms with van der Waals surface area (Å²) >= 11 is 0. The molecule has 6 nitrogen and oxygen atoms in total. The van der Waals surface area contributed by atoms with Crippen molar-refractivity contribution >= 4 is 40.8 Å². The van der Waals surface area contributed by atoms with Crippen LogP contribution in [0.2, 0.25) is 0 Å². The molecule has 27 heavy (non-hydrogen) atoms. The van der Waals surface area contributed by atoms with Crippen LogP contribution in [0.3, 0.4) is 0 Å². The van der Waals surface area contributed by atoms with Crippen LogP contribution >= 0.6 is 0 Å². The minimum Gasteiger partial charge on any atom is -0.427 e. The van der Waals surface area contributed by atoms with Crippen LogP contribution in [0.1, 0.15) is 43.6 Å². The molecule has 0 aliphatic carbocycles. The van der Waals surface area contributed by atoms with Crippen molar-refractivity contribution in [2.75, 3.05) is 6.54 Å². The van der Waals surface area contributed by atoms with Gasteiger partial charge >= 0.3 is 7.48 Å². The van der Waals surface area contributed by atoms with Crippen molar-refractivity contribution in [2.24, 2.45) is 0 Å². The Morgan fingerprint density at radius 3 is 2.70 bits per heavy atom. The third-order valence-electron chi connectivity index (χ3n) is 5.73. The average Bonchev–Trinajstić information content (AvgIpc) is 2.95. The predicted molar refractivity (Wildman–Crippen MR) is 108 cm³/mol. The average molecular weight is 365 g/mol. The van der Waals surface area contributed by atoms with Gasteiger partial charge in [0, 0.05) is 34.6 Å². The summed E-state index contributed by atoms with van der Waals surface area (Å²) in [6.45, 7) is 7.91. The molecule has 0 saturated carbocycles. The van der Waals surface area contributed by atoms with E-state index < -0.39 is 11.2 Å². The molecule has 3 N–H and O–H groups in total. The Labute approximate surface area is 158 Å². The van der Waals surface area contributed by atoms with Gasteiger partial charge in [-0.3, -0.25) is 4.79 Å². The highest BCUT2D eigenvalue weighted by Gasteiger charge is 2.35. The van der Waals surface area contributed by atoms with Gasteiger partial charge in [0.1, 0.15) is 5.65 Å². The lowest BCUT2D eigenvalue weighted by atomic mass is 9.83. The molecule has 0 bridgehead atoms. The Balaban J connectivity index is 1.71. The summed E-state index contributed by atoms with van der Waals surface area (Å²) in [4.78, 5) is 19.9. The largest absolute Gasteiger partial charge is 0.427 e. The number of nitrogens with one attached hydrogen (secondary N) is 2. The van der Waals surface area contributed by atoms with Crippen molar-refractivity contribution in [3.8, 4) is 0 Å². The number of aromatic nitrogens is 2. The number of rotatable bonds is 4. The lowest BCUT2D eigenvalue weighted by molar-refractivity contribution is -0.0893. The third kappa shape index (κ3) is 3.11. The van der Waals surface area contributed by atoms with E-state index in [2.05, 4.69) is 27.4 Å². The maximum Gasteiger partial charge on any atom is 0.311 e. The molecule has 1 aromatic carbocycles. The molecule has 1 amide bonds. The number of benzene rings is 1. The quantitative estimate of drug-likeness (QED) is 0.613. The summed E-state index contributed by atoms with van der Waals surface area (Å²) in [5.74, 6) is -0.0206. The van der Waals surface area contributed by atoms with Crippen LogP contribution in [-0.4, -0.2) is 46.2 Å². The first kappa shape index (κ1) is 18.0. The van der Waals surface area contributed by atoms with E-state index in [1.165, 1.54) is 0 Å². The molecule has 4 rings (SSSR count). The maximum absolute atomic E-state index is 12.1. The third-order valence-corrected chi connectivity index (χ3v) is 5.73. The van der Waals surface area contributed by atoms with Gasteiger partial charge in [-0.2, -0.15) is 0 Å². The summed E-state index contributed by atoms with van der Waals surface area (Å²) in [5, 5.41) is 15.2. The molecule has 1 aliphatic heterocycles. The molecule has 140 valence electrons. The summed E-state index contributed by atoms with van der Waals surface area (Å²) in [6.07, 6.45) is 2.62. The van der Waals surface area contributed by atoms with Crippen LogP contribution in [0.25, 0.3) is 21.9 Å². The number of carbonyl (C=O) groups excluding carboxylic acids is 1. The molecule has 3 heterocycles. The van der Waals surface area contributed by atoms with Gasteiger partial charge in [0.15, 0.2) is 0 Å². The number of aliphatic hydroxyl groups is 1. The zero-order valence-electron chi connectivity index (χ0n) is 16.1. The Morgan fingerprint density at radius 2 is 1.96 bits per heavy atom. The van der Waals surface area contributed by atoms with Gasteiger partial charge in [0.25, 0.3) is 5.91 Å². The fourth-order valence-corrected chi connectivity index (χ4v) is 3.25. The van der Waals surface area contributed by atoms with E-state index in [9.17, 15) is 9.90 Å². The van der Waals surface area contributed by atoms with Crippen molar-refractivity contribution in [2.45, 2.75) is 45.3 Å². The van der Waals surface area contributed by atoms with Gasteiger partial charge in [0.05, 0.1) is 11.2 Å². The van der Waals surface area contributed by atoms with Gasteiger partial charge < -0.3 is 20.1 Å². The van der Waals surface area contributed by atoms with Crippen molar-refractivity contribution < 1.29 is 14.6 Å². The van der Waals surface area contributed by atoms with E-state index >= 15 is 0 Å². The molecule has 3 aromatic rings. The molecule has 0 fully saturated rings. The minimum atomic E-state index is -0.953. The monoisotopic (exact) mass is 365 g/mol. The molecular formula is C20H24BN3O3. The molecule has 0 radical (unpaired) electrons. The van der Waals surface area contributed by atoms with Crippen molar-refractivity contribution in [3.63, 3.8) is 0 Å². The lowest BCUT2D eigenvalue weighted by Crippen LogP contribution is -2.49. The molecule has 2 aromatic heterocycles. The molecule has 0 saturated heterocycles. The SMILES string of the molecule is CC(C)(O)C(C)(C)OBc1cnc2[nH]c3cc4c(cc3c2c1)CCNC4=O. The van der Waals surface area contributed by atoms with Crippen LogP contribution in [0.4, 0.5) is 0 Å². The first-order chi connectivity index (χ1) is 12.7. The summed E-state index contributed by atoms with van der Waals surface area (Å²) in [6, 6.07) is 6.07. The highest BCUT2D eigenvalue weighted by Crippen LogP contribution is 2.28. The zero-order valence-corrected chi connectivity index (χ0v) is 16.1. The summed E-state index contributed by atoms with van der Waals surface area (Å²) < 4.78 is 5.97. The smallest absolute Gasteiger partial charge is 0.311 e. The predicted octanol–water partition coefficient (Wildman–Crippen LogP) is 1.54. The first-order valence-corrected chi connectivity index (χ1v) is 9.23. The van der Waals surface area contributed by atoms with Crippen LogP contribution in [0.15, 0.2) is 24.4 Å². The summed E-state index contributed by atoms with van der Waals surface area (Å²) in [5.41, 5.74) is 2.80. The zero-order chi connectivity index (χ0) is 19.4. The van der Waals surface area contributed by atoms with Crippen LogP contribution < -0.4 is 10.8 Å². The van der Waals surface area contributed by atoms with Gasteiger partial charge in [-0.25, -0.2) is 4.98 Å². The van der Waals surface area contributed by atoms with E-state index in [1.54, 1.807) is 20.0 Å². The van der Waals surface area contributed by atoms with Crippen LogP contribution in [0.5, 0.6) is 0 Å². The Morgan fingerprint density at radius 1 is 1.19 bits per heavy atom. The molecular weight excluding hydrogens is 341 g/mol. The molecule has 1 aliphatic rings. The van der Waals surface area contributed by atoms with Crippen LogP contribution in [-0.2, 0) is 11.1 Å². The topological polar surface area (TPSA) is 87.2 Å². The number of fused-ring (bicyclic) bond motifs is 4. The van der Waals surface area contributed by atoms with Gasteiger partial charge in [-0.15, -0.1) is 0 Å². The van der Waals surface area contributed by atoms with E-state index in [4.69, 9.17) is 4.65 Å². The number of pyridine rings is 1. The first-order valence-electron chi connectivity index (χ1n) is 9.23. The minimum absolute atomic E-state index is 0.0206. The standard InChI is InChI=1S/C20H24BN3O3/c1-19(2,26)20(3,4)27-21-12-8-15-14-7-11-5-6-22-18(25)13(11)9-16(14)24-17(15)23-10-12/h7-10,21,26H,5-6H2,1-4H3,(H,22,25)(H,23,24). The fraction of sp³-hybridized carbons (Fsp3) is 0.400. The van der Waals surface area contributed by atoms with E-state index in [0.29, 0.717) is 14.0 Å². The number of carbonyl (C=O) groups is 1. The Kier molecular flexibility index (Phi) is 4.05.